The van der Waals surface area contributed by atoms with E-state index in [4.69, 9.17) is 4.74 Å². The normalized spacial score (nSPS) is 15.4. The van der Waals surface area contributed by atoms with E-state index in [1.54, 1.807) is 31.2 Å². The first-order chi connectivity index (χ1) is 15.5. The second kappa shape index (κ2) is 9.80. The molecule has 1 aliphatic rings. The highest BCUT2D eigenvalue weighted by Crippen LogP contribution is 2.33. The Balaban J connectivity index is 1.51. The number of para-hydroxylation sites is 2. The Labute approximate surface area is 187 Å². The molecule has 0 unspecified atom stereocenters. The lowest BCUT2D eigenvalue weighted by Gasteiger charge is -2.33. The van der Waals surface area contributed by atoms with Gasteiger partial charge in [0.2, 0.25) is 11.8 Å². The van der Waals surface area contributed by atoms with Crippen LogP contribution >= 0.6 is 0 Å². The number of hydrogen-bond acceptors (Lipinski definition) is 5. The maximum absolute atomic E-state index is 12.5. The summed E-state index contributed by atoms with van der Waals surface area (Å²) in [6, 6.07) is 11.7. The fraction of sp³-hybridized carbons (Fsp3) is 0.318. The number of anilines is 2. The van der Waals surface area contributed by atoms with Crippen LogP contribution in [0.1, 0.15) is 13.3 Å². The Morgan fingerprint density at radius 1 is 1.15 bits per heavy atom. The Kier molecular flexibility index (Phi) is 7.10. The van der Waals surface area contributed by atoms with Gasteiger partial charge in [-0.15, -0.1) is 13.2 Å². The number of ether oxygens (including phenoxy) is 2. The highest BCUT2D eigenvalue weighted by Gasteiger charge is 2.32. The number of halogens is 3. The van der Waals surface area contributed by atoms with E-state index in [9.17, 15) is 27.6 Å². The van der Waals surface area contributed by atoms with Crippen LogP contribution in [0.2, 0.25) is 0 Å². The SMILES string of the molecule is C[C@H]1Oc2ccccc2N(CCC(=O)N(C)CC(=O)Nc2ccc(OC(F)(F)F)cc2)C1=O. The smallest absolute Gasteiger partial charge is 0.479 e. The summed E-state index contributed by atoms with van der Waals surface area (Å²) in [6.07, 6.45) is -5.49. The molecule has 11 heteroatoms. The molecule has 0 radical (unpaired) electrons. The van der Waals surface area contributed by atoms with Gasteiger partial charge in [0.1, 0.15) is 11.5 Å². The Hall–Kier alpha value is -3.76. The predicted molar refractivity (Wildman–Crippen MR) is 113 cm³/mol. The molecule has 3 amide bonds. The molecule has 1 heterocycles. The molecule has 0 spiro atoms. The van der Waals surface area contributed by atoms with E-state index < -0.39 is 24.1 Å². The largest absolute Gasteiger partial charge is 0.573 e. The van der Waals surface area contributed by atoms with Gasteiger partial charge in [0.05, 0.1) is 12.2 Å². The van der Waals surface area contributed by atoms with Crippen molar-refractivity contribution in [3.8, 4) is 11.5 Å². The lowest BCUT2D eigenvalue weighted by atomic mass is 10.1. The fourth-order valence-electron chi connectivity index (χ4n) is 3.23. The van der Waals surface area contributed by atoms with Crippen LogP contribution in [0.25, 0.3) is 0 Å². The van der Waals surface area contributed by atoms with Crippen LogP contribution in [-0.2, 0) is 14.4 Å². The summed E-state index contributed by atoms with van der Waals surface area (Å²) in [6.45, 7) is 1.48. The van der Waals surface area contributed by atoms with E-state index in [-0.39, 0.29) is 37.0 Å². The highest BCUT2D eigenvalue weighted by molar-refractivity contribution is 6.00. The van der Waals surface area contributed by atoms with Gasteiger partial charge in [-0.3, -0.25) is 14.4 Å². The molecule has 0 fully saturated rings. The molecule has 0 saturated heterocycles. The lowest BCUT2D eigenvalue weighted by molar-refractivity contribution is -0.274. The summed E-state index contributed by atoms with van der Waals surface area (Å²) in [5, 5.41) is 2.50. The average molecular weight is 465 g/mol. The molecule has 3 rings (SSSR count). The molecule has 0 aliphatic carbocycles. The van der Waals surface area contributed by atoms with Gasteiger partial charge < -0.3 is 24.6 Å². The Morgan fingerprint density at radius 3 is 2.48 bits per heavy atom. The summed E-state index contributed by atoms with van der Waals surface area (Å²) in [4.78, 5) is 39.9. The van der Waals surface area contributed by atoms with E-state index >= 15 is 0 Å². The number of benzene rings is 2. The first-order valence-corrected chi connectivity index (χ1v) is 10.00. The molecular formula is C22H22F3N3O5. The third kappa shape index (κ3) is 6.37. The molecule has 1 atom stereocenters. The maximum atomic E-state index is 12.5. The van der Waals surface area contributed by atoms with Gasteiger partial charge in [0, 0.05) is 25.7 Å². The first-order valence-electron chi connectivity index (χ1n) is 10.00. The molecule has 0 bridgehead atoms. The fourth-order valence-corrected chi connectivity index (χ4v) is 3.23. The third-order valence-corrected chi connectivity index (χ3v) is 4.80. The summed E-state index contributed by atoms with van der Waals surface area (Å²) in [5.74, 6) is -1.02. The van der Waals surface area contributed by atoms with Crippen LogP contribution in [0.4, 0.5) is 24.5 Å². The molecule has 2 aromatic carbocycles. The molecular weight excluding hydrogens is 443 g/mol. The number of amides is 3. The van der Waals surface area contributed by atoms with Crippen LogP contribution in [0.3, 0.4) is 0 Å². The standard InChI is InChI=1S/C22H22F3N3O5/c1-14-21(31)28(17-5-3-4-6-18(17)32-14)12-11-20(30)27(2)13-19(29)26-15-7-9-16(10-8-15)33-22(23,24)25/h3-10,14H,11-13H2,1-2H3,(H,26,29)/t14-/m1/s1. The Bertz CT molecular complexity index is 1030. The molecule has 8 nitrogen and oxygen atoms in total. The average Bonchev–Trinajstić information content (AvgIpc) is 2.74. The van der Waals surface area contributed by atoms with Gasteiger partial charge in [-0.2, -0.15) is 0 Å². The summed E-state index contributed by atoms with van der Waals surface area (Å²) in [7, 11) is 1.44. The van der Waals surface area contributed by atoms with Crippen molar-refractivity contribution in [1.29, 1.82) is 0 Å². The van der Waals surface area contributed by atoms with E-state index in [2.05, 4.69) is 10.1 Å². The van der Waals surface area contributed by atoms with Crippen LogP contribution in [0.5, 0.6) is 11.5 Å². The lowest BCUT2D eigenvalue weighted by Crippen LogP contribution is -2.46. The number of likely N-dealkylation sites (N-methyl/N-ethyl adjacent to an activating group) is 1. The topological polar surface area (TPSA) is 88.2 Å². The number of hydrogen-bond donors (Lipinski definition) is 1. The molecule has 33 heavy (non-hydrogen) atoms. The van der Waals surface area contributed by atoms with Gasteiger partial charge in [-0.1, -0.05) is 12.1 Å². The monoisotopic (exact) mass is 465 g/mol. The number of alkyl halides is 3. The highest BCUT2D eigenvalue weighted by atomic mass is 19.4. The molecule has 176 valence electrons. The minimum Gasteiger partial charge on any atom is -0.479 e. The zero-order valence-electron chi connectivity index (χ0n) is 17.9. The number of fused-ring (bicyclic) bond motifs is 1. The van der Waals surface area contributed by atoms with Crippen LogP contribution < -0.4 is 19.7 Å². The van der Waals surface area contributed by atoms with E-state index in [0.717, 1.165) is 12.1 Å². The molecule has 0 aromatic heterocycles. The van der Waals surface area contributed by atoms with Crippen molar-refractivity contribution >= 4 is 29.1 Å². The van der Waals surface area contributed by atoms with Gasteiger partial charge in [-0.05, 0) is 43.3 Å². The van der Waals surface area contributed by atoms with Crippen LogP contribution in [0, 0.1) is 0 Å². The number of nitrogens with one attached hydrogen (secondary N) is 1. The predicted octanol–water partition coefficient (Wildman–Crippen LogP) is 3.19. The van der Waals surface area contributed by atoms with Crippen molar-refractivity contribution in [2.75, 3.05) is 30.4 Å². The minimum atomic E-state index is -4.81. The summed E-state index contributed by atoms with van der Waals surface area (Å²) >= 11 is 0. The molecule has 0 saturated carbocycles. The summed E-state index contributed by atoms with van der Waals surface area (Å²) < 4.78 is 46.0. The molecule has 2 aromatic rings. The van der Waals surface area contributed by atoms with Crippen molar-refractivity contribution in [2.24, 2.45) is 0 Å². The summed E-state index contributed by atoms with van der Waals surface area (Å²) in [5.41, 5.74) is 0.826. The van der Waals surface area contributed by atoms with Crippen LogP contribution in [0.15, 0.2) is 48.5 Å². The number of carbonyl (C=O) groups is 3. The van der Waals surface area contributed by atoms with Crippen molar-refractivity contribution in [3.63, 3.8) is 0 Å². The number of rotatable bonds is 7. The third-order valence-electron chi connectivity index (χ3n) is 4.80. The zero-order valence-corrected chi connectivity index (χ0v) is 17.9. The Morgan fingerprint density at radius 2 is 1.82 bits per heavy atom. The van der Waals surface area contributed by atoms with Gasteiger partial charge in [-0.25, -0.2) is 0 Å². The van der Waals surface area contributed by atoms with Gasteiger partial charge in [0.15, 0.2) is 6.10 Å². The first kappa shape index (κ1) is 23.9. The van der Waals surface area contributed by atoms with Gasteiger partial charge in [0.25, 0.3) is 5.91 Å². The van der Waals surface area contributed by atoms with Gasteiger partial charge >= 0.3 is 6.36 Å². The quantitative estimate of drug-likeness (QED) is 0.679. The van der Waals surface area contributed by atoms with Crippen molar-refractivity contribution < 1.29 is 37.0 Å². The van der Waals surface area contributed by atoms with Crippen molar-refractivity contribution in [1.82, 2.24) is 4.90 Å². The van der Waals surface area contributed by atoms with Crippen molar-refractivity contribution in [3.05, 3.63) is 48.5 Å². The second-order valence-corrected chi connectivity index (χ2v) is 7.34. The van der Waals surface area contributed by atoms with Crippen LogP contribution in [-0.4, -0.2) is 55.2 Å². The van der Waals surface area contributed by atoms with Crippen molar-refractivity contribution in [2.45, 2.75) is 25.8 Å². The molecule has 1 aliphatic heterocycles. The van der Waals surface area contributed by atoms with E-state index in [1.165, 1.54) is 29.0 Å². The maximum Gasteiger partial charge on any atom is 0.573 e. The number of carbonyl (C=O) groups excluding carboxylic acids is 3. The molecule has 1 N–H and O–H groups in total. The minimum absolute atomic E-state index is 0.0138. The van der Waals surface area contributed by atoms with E-state index in [0.29, 0.717) is 11.4 Å². The number of nitrogens with zero attached hydrogens (tertiary/aromatic N) is 2. The zero-order chi connectivity index (χ0) is 24.2. The second-order valence-electron chi connectivity index (χ2n) is 7.34. The van der Waals surface area contributed by atoms with E-state index in [1.807, 2.05) is 0 Å².